The Balaban J connectivity index is 1.68. The lowest BCUT2D eigenvalue weighted by molar-refractivity contribution is -0.137. The quantitative estimate of drug-likeness (QED) is 0.200. The number of H-pyrrole nitrogens is 2. The highest BCUT2D eigenvalue weighted by Crippen LogP contribution is 2.51. The highest BCUT2D eigenvalue weighted by molar-refractivity contribution is 7.99. The lowest BCUT2D eigenvalue weighted by Gasteiger charge is -2.45. The zero-order valence-electron chi connectivity index (χ0n) is 22.1. The number of piperazine rings is 1. The van der Waals surface area contributed by atoms with Crippen LogP contribution in [0.4, 0.5) is 18.9 Å². The number of hydrogen-bond donors (Lipinski definition) is 4. The molecule has 4 N–H and O–H groups in total. The fourth-order valence-electron chi connectivity index (χ4n) is 5.46. The van der Waals surface area contributed by atoms with Crippen molar-refractivity contribution in [2.75, 3.05) is 37.8 Å². The van der Waals surface area contributed by atoms with Crippen molar-refractivity contribution in [1.82, 2.24) is 19.8 Å². The Morgan fingerprint density at radius 3 is 2.58 bits per heavy atom. The predicted molar refractivity (Wildman–Crippen MR) is 152 cm³/mol. The summed E-state index contributed by atoms with van der Waals surface area (Å²) < 4.78 is 49.9. The van der Waals surface area contributed by atoms with Crippen LogP contribution in [0.15, 0.2) is 33.8 Å². The second-order valence-corrected chi connectivity index (χ2v) is 11.8. The van der Waals surface area contributed by atoms with Gasteiger partial charge in [0.1, 0.15) is 5.84 Å². The maximum Gasteiger partial charge on any atom is 0.417 e. The summed E-state index contributed by atoms with van der Waals surface area (Å²) in [5, 5.41) is 14.0. The Bertz CT molecular complexity index is 1530. The van der Waals surface area contributed by atoms with E-state index < -0.39 is 17.4 Å². The van der Waals surface area contributed by atoms with Crippen molar-refractivity contribution < 1.29 is 22.7 Å². The molecule has 9 nitrogen and oxygen atoms in total. The fraction of sp³-hybridized carbons (Fsp3) is 0.423. The molecule has 2 aliphatic heterocycles. The van der Waals surface area contributed by atoms with Crippen molar-refractivity contribution in [2.24, 2.45) is 0 Å². The molecule has 0 aliphatic carbocycles. The molecule has 4 heterocycles. The van der Waals surface area contributed by atoms with Crippen LogP contribution in [0.1, 0.15) is 25.0 Å². The van der Waals surface area contributed by atoms with Crippen LogP contribution in [0.2, 0.25) is 0 Å². The number of carbonyl (C=O) groups excluding carboxylic acids is 1. The SMILES string of the molecule is C=CC(=O)N1[C@H](C)CN(C(=N)c2cc(C(F)(F)F)c(-c3scc4[nH]c(=O)[nH]c34)c3c2NCC(OC)CS3)C[C@@H]1C. The molecule has 1 amide bonds. The number of alkyl halides is 3. The van der Waals surface area contributed by atoms with Gasteiger partial charge in [0.2, 0.25) is 5.91 Å². The van der Waals surface area contributed by atoms with Crippen LogP contribution < -0.4 is 11.0 Å². The molecule has 2 aromatic heterocycles. The number of aromatic nitrogens is 2. The average molecular weight is 595 g/mol. The number of nitrogens with one attached hydrogen (secondary N) is 4. The number of aromatic amines is 2. The van der Waals surface area contributed by atoms with Gasteiger partial charge in [-0.2, -0.15) is 13.2 Å². The van der Waals surface area contributed by atoms with Crippen molar-refractivity contribution in [3.63, 3.8) is 0 Å². The molecular formula is C26H29F3N6O3S2. The van der Waals surface area contributed by atoms with E-state index in [1.165, 1.54) is 17.8 Å². The van der Waals surface area contributed by atoms with Crippen LogP contribution in [0.3, 0.4) is 0 Å². The lowest BCUT2D eigenvalue weighted by atomic mass is 9.97. The molecule has 14 heteroatoms. The van der Waals surface area contributed by atoms with Crippen LogP contribution in [0, 0.1) is 5.41 Å². The number of carbonyl (C=O) groups is 1. The third-order valence-electron chi connectivity index (χ3n) is 7.26. The first-order valence-electron chi connectivity index (χ1n) is 12.6. The molecular weight excluding hydrogens is 565 g/mol. The molecule has 1 saturated heterocycles. The van der Waals surface area contributed by atoms with Gasteiger partial charge in [-0.25, -0.2) is 4.79 Å². The van der Waals surface area contributed by atoms with Crippen molar-refractivity contribution in [1.29, 1.82) is 5.41 Å². The van der Waals surface area contributed by atoms with Gasteiger partial charge >= 0.3 is 11.9 Å². The number of hydrogen-bond acceptors (Lipinski definition) is 7. The molecule has 1 aromatic carbocycles. The van der Waals surface area contributed by atoms with Crippen molar-refractivity contribution in [3.8, 4) is 10.4 Å². The Labute approximate surface area is 236 Å². The van der Waals surface area contributed by atoms with E-state index in [0.29, 0.717) is 38.8 Å². The topological polar surface area (TPSA) is 117 Å². The largest absolute Gasteiger partial charge is 0.417 e. The lowest BCUT2D eigenvalue weighted by Crippen LogP contribution is -2.59. The van der Waals surface area contributed by atoms with Gasteiger partial charge in [0.25, 0.3) is 0 Å². The van der Waals surface area contributed by atoms with E-state index in [1.807, 2.05) is 13.8 Å². The van der Waals surface area contributed by atoms with E-state index in [9.17, 15) is 22.8 Å². The number of thiophene rings is 1. The third-order valence-corrected chi connectivity index (χ3v) is 9.50. The molecule has 0 radical (unpaired) electrons. The number of anilines is 1. The summed E-state index contributed by atoms with van der Waals surface area (Å²) in [4.78, 5) is 33.6. The molecule has 214 valence electrons. The van der Waals surface area contributed by atoms with E-state index in [-0.39, 0.29) is 54.1 Å². The number of imidazole rings is 1. The van der Waals surface area contributed by atoms with E-state index in [0.717, 1.165) is 17.4 Å². The standard InChI is InChI=1S/C26H29F3N6O3S2/c1-5-18(36)35-12(2)8-34(9-13(35)3)24(30)15-6-16(26(27,28)29)19(22-20(15)31-7-14(38-4)10-39-22)23-21-17(11-40-23)32-25(37)33-21/h5-6,11-14,30-31H,1,7-10H2,2-4H3,(H2,32,33,37)/t12-,13+,14?. The highest BCUT2D eigenvalue weighted by atomic mass is 32.2. The van der Waals surface area contributed by atoms with Crippen LogP contribution in [-0.4, -0.2) is 82.2 Å². The summed E-state index contributed by atoms with van der Waals surface area (Å²) >= 11 is 2.35. The van der Waals surface area contributed by atoms with Crippen LogP contribution in [0.5, 0.6) is 0 Å². The number of rotatable bonds is 4. The van der Waals surface area contributed by atoms with Crippen LogP contribution >= 0.6 is 23.1 Å². The number of nitrogens with zero attached hydrogens (tertiary/aromatic N) is 2. The monoisotopic (exact) mass is 594 g/mol. The smallest absolute Gasteiger partial charge is 0.381 e. The number of methoxy groups -OCH3 is 1. The van der Waals surface area contributed by atoms with Gasteiger partial charge < -0.3 is 29.8 Å². The second kappa shape index (κ2) is 10.6. The van der Waals surface area contributed by atoms with Gasteiger partial charge in [-0.1, -0.05) is 6.58 Å². The fourth-order valence-corrected chi connectivity index (χ4v) is 7.83. The van der Waals surface area contributed by atoms with Gasteiger partial charge in [0.05, 0.1) is 33.3 Å². The molecule has 2 aliphatic rings. The van der Waals surface area contributed by atoms with Crippen molar-refractivity contribution >= 4 is 51.6 Å². The molecule has 0 spiro atoms. The Morgan fingerprint density at radius 2 is 1.95 bits per heavy atom. The van der Waals surface area contributed by atoms with Gasteiger partial charge in [-0.05, 0) is 26.0 Å². The summed E-state index contributed by atoms with van der Waals surface area (Å²) in [6, 6.07) is 0.476. The molecule has 1 unspecified atom stereocenters. The zero-order valence-corrected chi connectivity index (χ0v) is 23.7. The number of amides is 1. The van der Waals surface area contributed by atoms with Gasteiger partial charge in [-0.15, -0.1) is 23.1 Å². The minimum absolute atomic E-state index is 0.0355. The number of halogens is 3. The Morgan fingerprint density at radius 1 is 1.25 bits per heavy atom. The number of benzene rings is 1. The molecule has 0 bridgehead atoms. The minimum atomic E-state index is -4.74. The molecule has 0 saturated carbocycles. The summed E-state index contributed by atoms with van der Waals surface area (Å²) in [7, 11) is 1.55. The van der Waals surface area contributed by atoms with E-state index >= 15 is 0 Å². The van der Waals surface area contributed by atoms with Gasteiger partial charge in [0.15, 0.2) is 0 Å². The third kappa shape index (κ3) is 4.92. The molecule has 1 fully saturated rings. The first-order valence-corrected chi connectivity index (χ1v) is 14.5. The molecule has 5 rings (SSSR count). The van der Waals surface area contributed by atoms with E-state index in [1.54, 1.807) is 22.3 Å². The van der Waals surface area contributed by atoms with Gasteiger partial charge in [0, 0.05) is 66.0 Å². The summed E-state index contributed by atoms with van der Waals surface area (Å²) in [5.74, 6) is 0.108. The van der Waals surface area contributed by atoms with Crippen molar-refractivity contribution in [2.45, 2.75) is 43.1 Å². The number of amidine groups is 1. The maximum atomic E-state index is 14.8. The molecule has 3 atom stereocenters. The number of thioether (sulfide) groups is 1. The van der Waals surface area contributed by atoms with Crippen molar-refractivity contribution in [3.05, 3.63) is 45.7 Å². The van der Waals surface area contributed by atoms with E-state index in [4.69, 9.17) is 10.1 Å². The highest BCUT2D eigenvalue weighted by Gasteiger charge is 2.41. The first-order chi connectivity index (χ1) is 18.9. The maximum absolute atomic E-state index is 14.8. The number of fused-ring (bicyclic) bond motifs is 2. The van der Waals surface area contributed by atoms with Gasteiger partial charge in [-0.3, -0.25) is 10.2 Å². The van der Waals surface area contributed by atoms with E-state index in [2.05, 4.69) is 21.9 Å². The first kappa shape index (κ1) is 28.3. The van der Waals surface area contributed by atoms with Crippen LogP contribution in [-0.2, 0) is 15.7 Å². The van der Waals surface area contributed by atoms with Crippen LogP contribution in [0.25, 0.3) is 21.5 Å². The Hall–Kier alpha value is -3.23. The average Bonchev–Trinajstić information content (AvgIpc) is 3.37. The normalized spacial score (nSPS) is 21.6. The molecule has 40 heavy (non-hydrogen) atoms. The zero-order chi connectivity index (χ0) is 28.9. The predicted octanol–water partition coefficient (Wildman–Crippen LogP) is 4.57. The summed E-state index contributed by atoms with van der Waals surface area (Å²) in [6.07, 6.45) is -3.77. The summed E-state index contributed by atoms with van der Waals surface area (Å²) in [6.45, 7) is 8.17. The second-order valence-electron chi connectivity index (χ2n) is 9.93. The summed E-state index contributed by atoms with van der Waals surface area (Å²) in [5.41, 5.74) is -0.144. The Kier molecular flexibility index (Phi) is 7.52. The molecule has 3 aromatic rings. The number of ether oxygens (including phenoxy) is 1. The minimum Gasteiger partial charge on any atom is -0.381 e.